The SMILES string of the molecule is COc1ccc2cc(-c3cnc([C@H](I)NC(=O)OC(C)(C)C)[nH]3)ccc2c1. The molecular weight excluding hydrogens is 457 g/mol. The summed E-state index contributed by atoms with van der Waals surface area (Å²) in [4.78, 5) is 19.6. The van der Waals surface area contributed by atoms with Crippen LogP contribution in [0.15, 0.2) is 42.6 Å². The largest absolute Gasteiger partial charge is 0.497 e. The van der Waals surface area contributed by atoms with E-state index in [1.54, 1.807) is 13.3 Å². The van der Waals surface area contributed by atoms with Crippen molar-refractivity contribution in [2.24, 2.45) is 0 Å². The third-order valence-electron chi connectivity index (χ3n) is 3.84. The Morgan fingerprint density at radius 2 is 1.89 bits per heavy atom. The highest BCUT2D eigenvalue weighted by molar-refractivity contribution is 14.1. The van der Waals surface area contributed by atoms with Gasteiger partial charge in [0.25, 0.3) is 0 Å². The topological polar surface area (TPSA) is 76.2 Å². The summed E-state index contributed by atoms with van der Waals surface area (Å²) in [6, 6.07) is 12.1. The Balaban J connectivity index is 1.77. The molecule has 0 aliphatic heterocycles. The number of imidazole rings is 1. The summed E-state index contributed by atoms with van der Waals surface area (Å²) in [5.41, 5.74) is 1.37. The Labute approximate surface area is 171 Å². The van der Waals surface area contributed by atoms with Crippen molar-refractivity contribution in [1.29, 1.82) is 0 Å². The van der Waals surface area contributed by atoms with Crippen LogP contribution in [0.2, 0.25) is 0 Å². The number of hydrogen-bond acceptors (Lipinski definition) is 4. The zero-order valence-corrected chi connectivity index (χ0v) is 17.8. The molecule has 0 fully saturated rings. The number of fused-ring (bicyclic) bond motifs is 1. The van der Waals surface area contributed by atoms with Crippen molar-refractivity contribution in [2.45, 2.75) is 30.4 Å². The van der Waals surface area contributed by atoms with Crippen molar-refractivity contribution in [3.05, 3.63) is 48.4 Å². The lowest BCUT2D eigenvalue weighted by molar-refractivity contribution is 0.0523. The fourth-order valence-electron chi connectivity index (χ4n) is 2.61. The zero-order chi connectivity index (χ0) is 19.6. The molecule has 27 heavy (non-hydrogen) atoms. The number of nitrogens with one attached hydrogen (secondary N) is 2. The normalized spacial score (nSPS) is 12.6. The van der Waals surface area contributed by atoms with E-state index in [2.05, 4.69) is 43.9 Å². The summed E-state index contributed by atoms with van der Waals surface area (Å²) in [5, 5.41) is 5.00. The van der Waals surface area contributed by atoms with Crippen LogP contribution in [0.5, 0.6) is 5.75 Å². The second-order valence-electron chi connectivity index (χ2n) is 7.12. The van der Waals surface area contributed by atoms with Crippen LogP contribution in [0.25, 0.3) is 22.0 Å². The molecule has 0 unspecified atom stereocenters. The molecule has 0 aliphatic rings. The molecule has 1 heterocycles. The molecule has 1 aromatic heterocycles. The van der Waals surface area contributed by atoms with E-state index < -0.39 is 11.7 Å². The van der Waals surface area contributed by atoms with Gasteiger partial charge in [-0.15, -0.1) is 0 Å². The first-order valence-corrected chi connectivity index (χ1v) is 9.76. The van der Waals surface area contributed by atoms with Gasteiger partial charge in [0.05, 0.1) is 19.0 Å². The third kappa shape index (κ3) is 4.91. The van der Waals surface area contributed by atoms with Crippen LogP contribution in [-0.4, -0.2) is 28.8 Å². The quantitative estimate of drug-likeness (QED) is 0.307. The highest BCUT2D eigenvalue weighted by Crippen LogP contribution is 2.27. The van der Waals surface area contributed by atoms with E-state index >= 15 is 0 Å². The van der Waals surface area contributed by atoms with Gasteiger partial charge < -0.3 is 19.8 Å². The Morgan fingerprint density at radius 3 is 2.59 bits per heavy atom. The number of rotatable bonds is 4. The van der Waals surface area contributed by atoms with E-state index in [4.69, 9.17) is 9.47 Å². The lowest BCUT2D eigenvalue weighted by Gasteiger charge is -2.20. The monoisotopic (exact) mass is 479 g/mol. The van der Waals surface area contributed by atoms with Crippen molar-refractivity contribution >= 4 is 39.5 Å². The van der Waals surface area contributed by atoms with Gasteiger partial charge in [-0.1, -0.05) is 18.2 Å². The number of H-pyrrole nitrogens is 1. The summed E-state index contributed by atoms with van der Waals surface area (Å²) in [7, 11) is 1.66. The number of ether oxygens (including phenoxy) is 2. The first-order valence-electron chi connectivity index (χ1n) is 8.52. The lowest BCUT2D eigenvalue weighted by Crippen LogP contribution is -2.33. The number of carbonyl (C=O) groups is 1. The highest BCUT2D eigenvalue weighted by atomic mass is 127. The van der Waals surface area contributed by atoms with Crippen LogP contribution >= 0.6 is 22.6 Å². The summed E-state index contributed by atoms with van der Waals surface area (Å²) in [6.07, 6.45) is 1.29. The van der Waals surface area contributed by atoms with Gasteiger partial charge in [-0.2, -0.15) is 0 Å². The van der Waals surface area contributed by atoms with E-state index in [-0.39, 0.29) is 4.05 Å². The molecule has 0 radical (unpaired) electrons. The highest BCUT2D eigenvalue weighted by Gasteiger charge is 2.20. The fourth-order valence-corrected chi connectivity index (χ4v) is 3.18. The van der Waals surface area contributed by atoms with Gasteiger partial charge in [0.2, 0.25) is 0 Å². The molecule has 7 heteroatoms. The average Bonchev–Trinajstić information content (AvgIpc) is 3.09. The first-order chi connectivity index (χ1) is 12.7. The zero-order valence-electron chi connectivity index (χ0n) is 15.7. The number of nitrogens with zero attached hydrogens (tertiary/aromatic N) is 1. The third-order valence-corrected chi connectivity index (χ3v) is 4.74. The number of halogens is 1. The smallest absolute Gasteiger partial charge is 0.408 e. The van der Waals surface area contributed by atoms with Crippen molar-refractivity contribution in [2.75, 3.05) is 7.11 Å². The van der Waals surface area contributed by atoms with Crippen molar-refractivity contribution in [3.8, 4) is 17.0 Å². The molecule has 6 nitrogen and oxygen atoms in total. The average molecular weight is 479 g/mol. The van der Waals surface area contributed by atoms with E-state index in [9.17, 15) is 4.79 Å². The maximum Gasteiger partial charge on any atom is 0.408 e. The number of aromatic amines is 1. The van der Waals surface area contributed by atoms with E-state index in [0.29, 0.717) is 5.82 Å². The van der Waals surface area contributed by atoms with Crippen LogP contribution in [0.3, 0.4) is 0 Å². The maximum absolute atomic E-state index is 11.9. The van der Waals surface area contributed by atoms with Crippen LogP contribution in [0.4, 0.5) is 4.79 Å². The van der Waals surface area contributed by atoms with E-state index in [1.807, 2.05) is 51.1 Å². The van der Waals surface area contributed by atoms with E-state index in [0.717, 1.165) is 27.8 Å². The molecule has 0 saturated heterocycles. The number of benzene rings is 2. The van der Waals surface area contributed by atoms with Gasteiger partial charge in [0.15, 0.2) is 0 Å². The predicted molar refractivity (Wildman–Crippen MR) is 114 cm³/mol. The Kier molecular flexibility index (Phi) is 5.59. The minimum atomic E-state index is -0.539. The number of alkyl carbamates (subject to hydrolysis) is 1. The molecule has 0 bridgehead atoms. The predicted octanol–water partition coefficient (Wildman–Crippen LogP) is 5.20. The molecule has 0 aliphatic carbocycles. The van der Waals surface area contributed by atoms with Crippen LogP contribution in [0.1, 0.15) is 30.6 Å². The molecule has 3 aromatic rings. The van der Waals surface area contributed by atoms with Crippen molar-refractivity contribution < 1.29 is 14.3 Å². The molecule has 3 rings (SSSR count). The molecular formula is C20H22IN3O3. The summed E-state index contributed by atoms with van der Waals surface area (Å²) in [6.45, 7) is 5.49. The van der Waals surface area contributed by atoms with Gasteiger partial charge in [0.1, 0.15) is 21.2 Å². The number of methoxy groups -OCH3 is 1. The van der Waals surface area contributed by atoms with Crippen LogP contribution in [-0.2, 0) is 4.74 Å². The number of alkyl halides is 1. The van der Waals surface area contributed by atoms with Crippen molar-refractivity contribution in [3.63, 3.8) is 0 Å². The Hall–Kier alpha value is -2.29. The summed E-state index contributed by atoms with van der Waals surface area (Å²) < 4.78 is 10.2. The second-order valence-corrected chi connectivity index (χ2v) is 8.36. The molecule has 1 amide bonds. The Morgan fingerprint density at radius 1 is 1.19 bits per heavy atom. The number of carbonyl (C=O) groups excluding carboxylic acids is 1. The Bertz CT molecular complexity index is 963. The molecule has 1 atom stereocenters. The minimum absolute atomic E-state index is 0.323. The maximum atomic E-state index is 11.9. The molecule has 142 valence electrons. The second kappa shape index (κ2) is 7.75. The number of aromatic nitrogens is 2. The summed E-state index contributed by atoms with van der Waals surface area (Å²) >= 11 is 2.11. The molecule has 0 spiro atoms. The standard InChI is InChI=1S/C20H22IN3O3/c1-20(2,3)27-19(25)24-17(21)18-22-11-16(23-18)14-6-5-13-10-15(26-4)8-7-12(13)9-14/h5-11,17H,1-4H3,(H,22,23)(H,24,25)/t17-/m1/s1. The van der Waals surface area contributed by atoms with Gasteiger partial charge in [0, 0.05) is 5.56 Å². The van der Waals surface area contributed by atoms with Crippen LogP contribution < -0.4 is 10.1 Å². The molecule has 2 N–H and O–H groups in total. The van der Waals surface area contributed by atoms with Crippen LogP contribution in [0, 0.1) is 0 Å². The first kappa shape index (κ1) is 19.5. The summed E-state index contributed by atoms with van der Waals surface area (Å²) in [5.74, 6) is 1.49. The van der Waals surface area contributed by atoms with Gasteiger partial charge in [-0.3, -0.25) is 0 Å². The minimum Gasteiger partial charge on any atom is -0.497 e. The molecule has 2 aromatic carbocycles. The number of amides is 1. The molecule has 0 saturated carbocycles. The number of hydrogen-bond donors (Lipinski definition) is 2. The van der Waals surface area contributed by atoms with Gasteiger partial charge >= 0.3 is 6.09 Å². The fraction of sp³-hybridized carbons (Fsp3) is 0.300. The van der Waals surface area contributed by atoms with Gasteiger partial charge in [-0.25, -0.2) is 9.78 Å². The van der Waals surface area contributed by atoms with Crippen molar-refractivity contribution in [1.82, 2.24) is 15.3 Å². The van der Waals surface area contributed by atoms with E-state index in [1.165, 1.54) is 0 Å². The van der Waals surface area contributed by atoms with Gasteiger partial charge in [-0.05, 0) is 72.3 Å². The lowest BCUT2D eigenvalue weighted by atomic mass is 10.1.